The summed E-state index contributed by atoms with van der Waals surface area (Å²) in [6.07, 6.45) is -1.09. The van der Waals surface area contributed by atoms with Gasteiger partial charge in [-0.15, -0.1) is 0 Å². The summed E-state index contributed by atoms with van der Waals surface area (Å²) >= 11 is 0. The van der Waals surface area contributed by atoms with E-state index in [0.29, 0.717) is 22.6 Å². The summed E-state index contributed by atoms with van der Waals surface area (Å²) in [5, 5.41) is 4.15. The second-order valence-electron chi connectivity index (χ2n) is 12.2. The molecule has 0 saturated heterocycles. The number of urea groups is 1. The standard InChI is InChI=1S/C22H16F4N4O.C19H14FN3/c23-16-7-4-14(5-8-16)15-6-9-20-19(10-15)28-13-30(20)18-3-1-2-17(11-18)29-21(31)27-12-22(24,25)26;20-15-7-4-13(5-8-15)14-6-9-19-18(10-14)22-12-23(19)17-3-1-2-16(21)11-17/h1-11,13H,12H2,(H2,27,29,31);1-12H,21H2. The Hall–Kier alpha value is -7.02. The van der Waals surface area contributed by atoms with Gasteiger partial charge in [0, 0.05) is 22.7 Å². The highest BCUT2D eigenvalue weighted by molar-refractivity contribution is 5.90. The van der Waals surface area contributed by atoms with Crippen LogP contribution in [0.15, 0.2) is 146 Å². The fraction of sp³-hybridized carbons (Fsp3) is 0.0488. The lowest BCUT2D eigenvalue weighted by Gasteiger charge is -2.11. The third kappa shape index (κ3) is 8.20. The molecule has 0 atom stereocenters. The van der Waals surface area contributed by atoms with Gasteiger partial charge in [-0.1, -0.05) is 48.5 Å². The molecule has 4 N–H and O–H groups in total. The van der Waals surface area contributed by atoms with Crippen molar-refractivity contribution >= 4 is 39.5 Å². The first kappa shape index (κ1) is 35.4. The maximum atomic E-state index is 13.2. The highest BCUT2D eigenvalue weighted by Crippen LogP contribution is 2.28. The zero-order chi connectivity index (χ0) is 37.8. The Morgan fingerprint density at radius 3 is 1.59 bits per heavy atom. The molecule has 270 valence electrons. The van der Waals surface area contributed by atoms with Crippen molar-refractivity contribution in [2.24, 2.45) is 0 Å². The minimum Gasteiger partial charge on any atom is -0.399 e. The molecule has 0 fully saturated rings. The monoisotopic (exact) mass is 731 g/mol. The number of hydrogen-bond donors (Lipinski definition) is 3. The van der Waals surface area contributed by atoms with Crippen LogP contribution in [0.2, 0.25) is 0 Å². The summed E-state index contributed by atoms with van der Waals surface area (Å²) in [6, 6.07) is 37.7. The summed E-state index contributed by atoms with van der Waals surface area (Å²) in [5.74, 6) is -0.546. The Kier molecular flexibility index (Phi) is 9.77. The third-order valence-corrected chi connectivity index (χ3v) is 8.43. The minimum atomic E-state index is -4.48. The number of carbonyl (C=O) groups excluding carboxylic acids is 1. The van der Waals surface area contributed by atoms with Crippen LogP contribution in [0.5, 0.6) is 0 Å². The quantitative estimate of drug-likeness (QED) is 0.117. The Labute approximate surface area is 305 Å². The van der Waals surface area contributed by atoms with Crippen LogP contribution in [-0.2, 0) is 0 Å². The number of halogens is 5. The first-order valence-electron chi connectivity index (χ1n) is 16.5. The summed E-state index contributed by atoms with van der Waals surface area (Å²) in [7, 11) is 0. The Balaban J connectivity index is 0.000000174. The van der Waals surface area contributed by atoms with Crippen molar-refractivity contribution in [1.29, 1.82) is 0 Å². The maximum absolute atomic E-state index is 13.2. The van der Waals surface area contributed by atoms with Crippen molar-refractivity contribution in [3.8, 4) is 33.6 Å². The minimum absolute atomic E-state index is 0.235. The van der Waals surface area contributed by atoms with Crippen molar-refractivity contribution in [3.63, 3.8) is 0 Å². The predicted molar refractivity (Wildman–Crippen MR) is 200 cm³/mol. The number of fused-ring (bicyclic) bond motifs is 2. The van der Waals surface area contributed by atoms with E-state index in [9.17, 15) is 26.7 Å². The number of nitrogen functional groups attached to an aromatic ring is 1. The number of nitrogens with zero attached hydrogens (tertiary/aromatic N) is 4. The van der Waals surface area contributed by atoms with Gasteiger partial charge in [-0.3, -0.25) is 9.13 Å². The van der Waals surface area contributed by atoms with Crippen LogP contribution in [0.4, 0.5) is 38.1 Å². The van der Waals surface area contributed by atoms with E-state index in [4.69, 9.17) is 5.73 Å². The van der Waals surface area contributed by atoms with Crippen LogP contribution >= 0.6 is 0 Å². The average Bonchev–Trinajstić information content (AvgIpc) is 3.79. The molecule has 0 aliphatic rings. The van der Waals surface area contributed by atoms with Crippen LogP contribution in [0.1, 0.15) is 0 Å². The summed E-state index contributed by atoms with van der Waals surface area (Å²) in [5.41, 5.74) is 15.7. The van der Waals surface area contributed by atoms with Crippen molar-refractivity contribution in [2.75, 3.05) is 17.6 Å². The van der Waals surface area contributed by atoms with Crippen LogP contribution in [0.25, 0.3) is 55.7 Å². The van der Waals surface area contributed by atoms with E-state index in [0.717, 1.165) is 44.5 Å². The molecule has 0 aliphatic carbocycles. The van der Waals surface area contributed by atoms with E-state index >= 15 is 0 Å². The van der Waals surface area contributed by atoms with Crippen LogP contribution in [-0.4, -0.2) is 37.9 Å². The number of carbonyl (C=O) groups is 1. The first-order chi connectivity index (χ1) is 26.0. The lowest BCUT2D eigenvalue weighted by Crippen LogP contribution is -2.36. The van der Waals surface area contributed by atoms with Gasteiger partial charge in [0.15, 0.2) is 0 Å². The lowest BCUT2D eigenvalue weighted by molar-refractivity contribution is -0.122. The largest absolute Gasteiger partial charge is 0.405 e. The number of nitrogens with one attached hydrogen (secondary N) is 2. The summed E-state index contributed by atoms with van der Waals surface area (Å²) in [6.45, 7) is -1.42. The van der Waals surface area contributed by atoms with Crippen LogP contribution < -0.4 is 16.4 Å². The number of benzene rings is 6. The smallest absolute Gasteiger partial charge is 0.399 e. The molecule has 54 heavy (non-hydrogen) atoms. The zero-order valence-electron chi connectivity index (χ0n) is 28.2. The van der Waals surface area contributed by atoms with Crippen molar-refractivity contribution < 1.29 is 26.7 Å². The van der Waals surface area contributed by atoms with Crippen molar-refractivity contribution in [3.05, 3.63) is 158 Å². The number of alkyl halides is 3. The number of hydrogen-bond acceptors (Lipinski definition) is 4. The topological polar surface area (TPSA) is 103 Å². The summed E-state index contributed by atoms with van der Waals surface area (Å²) in [4.78, 5) is 20.6. The Bertz CT molecular complexity index is 2580. The Morgan fingerprint density at radius 2 is 1.09 bits per heavy atom. The summed E-state index contributed by atoms with van der Waals surface area (Å²) < 4.78 is 66.7. The molecule has 2 heterocycles. The van der Waals surface area contributed by atoms with Gasteiger partial charge in [-0.05, 0) is 107 Å². The molecular formula is C41H30F5N7O. The molecule has 6 aromatic carbocycles. The number of rotatable bonds is 6. The molecule has 2 amide bonds. The highest BCUT2D eigenvalue weighted by Gasteiger charge is 2.27. The second kappa shape index (κ2) is 14.9. The number of amides is 2. The van der Waals surface area contributed by atoms with E-state index in [1.807, 2.05) is 65.2 Å². The van der Waals surface area contributed by atoms with E-state index in [2.05, 4.69) is 15.3 Å². The van der Waals surface area contributed by atoms with Gasteiger partial charge in [0.1, 0.15) is 30.8 Å². The SMILES string of the molecule is Nc1cccc(-n2cnc3cc(-c4ccc(F)cc4)ccc32)c1.O=C(NCC(F)(F)F)Nc1cccc(-n2cnc3cc(-c4ccc(F)cc4)ccc32)c1. The molecule has 0 bridgehead atoms. The van der Waals surface area contributed by atoms with Crippen molar-refractivity contribution in [2.45, 2.75) is 6.18 Å². The average molecular weight is 732 g/mol. The normalized spacial score (nSPS) is 11.3. The van der Waals surface area contributed by atoms with E-state index < -0.39 is 18.8 Å². The third-order valence-electron chi connectivity index (χ3n) is 8.43. The molecule has 2 aromatic heterocycles. The van der Waals surface area contributed by atoms with E-state index in [-0.39, 0.29) is 11.6 Å². The molecule has 0 radical (unpaired) electrons. The number of anilines is 2. The molecule has 0 spiro atoms. The number of imidazole rings is 2. The van der Waals surface area contributed by atoms with Gasteiger partial charge in [-0.2, -0.15) is 13.2 Å². The van der Waals surface area contributed by atoms with Crippen molar-refractivity contribution in [1.82, 2.24) is 24.4 Å². The zero-order valence-corrected chi connectivity index (χ0v) is 28.2. The molecule has 0 aliphatic heterocycles. The van der Waals surface area contributed by atoms with Gasteiger partial charge in [0.2, 0.25) is 0 Å². The molecule has 8 aromatic rings. The van der Waals surface area contributed by atoms with Gasteiger partial charge in [0.05, 0.1) is 22.1 Å². The van der Waals surface area contributed by atoms with E-state index in [1.54, 1.807) is 71.1 Å². The molecule has 0 unspecified atom stereocenters. The van der Waals surface area contributed by atoms with E-state index in [1.165, 1.54) is 24.3 Å². The van der Waals surface area contributed by atoms with Crippen LogP contribution in [0, 0.1) is 11.6 Å². The van der Waals surface area contributed by atoms with Crippen LogP contribution in [0.3, 0.4) is 0 Å². The first-order valence-corrected chi connectivity index (χ1v) is 16.5. The van der Waals surface area contributed by atoms with Gasteiger partial charge in [0.25, 0.3) is 0 Å². The Morgan fingerprint density at radius 1 is 0.611 bits per heavy atom. The number of nitrogens with two attached hydrogens (primary N) is 1. The second-order valence-corrected chi connectivity index (χ2v) is 12.2. The highest BCUT2D eigenvalue weighted by atomic mass is 19.4. The molecule has 0 saturated carbocycles. The molecule has 13 heteroatoms. The maximum Gasteiger partial charge on any atom is 0.405 e. The fourth-order valence-electron chi connectivity index (χ4n) is 5.84. The fourth-order valence-corrected chi connectivity index (χ4v) is 5.84. The molecular weight excluding hydrogens is 701 g/mol. The van der Waals surface area contributed by atoms with Gasteiger partial charge in [-0.25, -0.2) is 23.5 Å². The number of aromatic nitrogens is 4. The lowest BCUT2D eigenvalue weighted by atomic mass is 10.1. The predicted octanol–water partition coefficient (Wildman–Crippen LogP) is 9.93. The molecule has 8 rings (SSSR count). The molecule has 8 nitrogen and oxygen atoms in total. The van der Waals surface area contributed by atoms with Gasteiger partial charge < -0.3 is 16.4 Å². The van der Waals surface area contributed by atoms with Gasteiger partial charge >= 0.3 is 12.2 Å².